The van der Waals surface area contributed by atoms with Gasteiger partial charge in [0.1, 0.15) is 0 Å². The third kappa shape index (κ3) is 5.95. The fourth-order valence-corrected chi connectivity index (χ4v) is 2.90. The molecule has 2 aromatic rings. The highest BCUT2D eigenvalue weighted by Gasteiger charge is 2.16. The standard InChI is InChI=1S/C21H24N4O5/c1-3-25(11-20(27)23-16-6-4-15(5-7-16)22-14(2)26)12-21(28)24-17-8-9-18-19(10-17)30-13-29-18/h4-10H,3,11-13H2,1-2H3,(H,22,26)(H,23,27)(H,24,28). The number of carbonyl (C=O) groups excluding carboxylic acids is 3. The number of likely N-dealkylation sites (N-methyl/N-ethyl adjacent to an activating group) is 1. The molecule has 0 radical (unpaired) electrons. The van der Waals surface area contributed by atoms with E-state index < -0.39 is 0 Å². The summed E-state index contributed by atoms with van der Waals surface area (Å²) in [5.41, 5.74) is 1.86. The maximum Gasteiger partial charge on any atom is 0.238 e. The van der Waals surface area contributed by atoms with Crippen LogP contribution in [-0.2, 0) is 14.4 Å². The second-order valence-electron chi connectivity index (χ2n) is 6.73. The van der Waals surface area contributed by atoms with Crippen LogP contribution in [0.25, 0.3) is 0 Å². The van der Waals surface area contributed by atoms with Crippen molar-refractivity contribution in [3.63, 3.8) is 0 Å². The molecular formula is C21H24N4O5. The van der Waals surface area contributed by atoms with Crippen molar-refractivity contribution in [3.05, 3.63) is 42.5 Å². The molecule has 3 N–H and O–H groups in total. The second kappa shape index (κ2) is 9.75. The van der Waals surface area contributed by atoms with E-state index in [0.29, 0.717) is 35.1 Å². The SMILES string of the molecule is CCN(CC(=O)Nc1ccc(NC(C)=O)cc1)CC(=O)Nc1ccc2c(c1)OCO2. The topological polar surface area (TPSA) is 109 Å². The molecule has 0 saturated heterocycles. The van der Waals surface area contributed by atoms with Crippen molar-refractivity contribution < 1.29 is 23.9 Å². The number of amides is 3. The van der Waals surface area contributed by atoms with E-state index in [4.69, 9.17) is 9.47 Å². The quantitative estimate of drug-likeness (QED) is 0.614. The Morgan fingerprint density at radius 3 is 1.97 bits per heavy atom. The van der Waals surface area contributed by atoms with Gasteiger partial charge in [-0.15, -0.1) is 0 Å². The second-order valence-corrected chi connectivity index (χ2v) is 6.73. The van der Waals surface area contributed by atoms with Crippen molar-refractivity contribution in [1.82, 2.24) is 4.90 Å². The van der Waals surface area contributed by atoms with Gasteiger partial charge in [0.25, 0.3) is 0 Å². The molecule has 158 valence electrons. The minimum atomic E-state index is -0.236. The predicted molar refractivity (Wildman–Crippen MR) is 113 cm³/mol. The number of hydrogen-bond donors (Lipinski definition) is 3. The van der Waals surface area contributed by atoms with Crippen LogP contribution in [0.5, 0.6) is 11.5 Å². The number of benzene rings is 2. The highest BCUT2D eigenvalue weighted by atomic mass is 16.7. The number of ether oxygens (including phenoxy) is 2. The summed E-state index contributed by atoms with van der Waals surface area (Å²) in [5.74, 6) is 0.599. The molecule has 9 heteroatoms. The Morgan fingerprint density at radius 1 is 0.833 bits per heavy atom. The molecule has 3 rings (SSSR count). The molecule has 1 aliphatic heterocycles. The molecule has 0 spiro atoms. The smallest absolute Gasteiger partial charge is 0.238 e. The molecular weight excluding hydrogens is 388 g/mol. The number of carbonyl (C=O) groups is 3. The molecule has 0 fully saturated rings. The van der Waals surface area contributed by atoms with Crippen molar-refractivity contribution in [2.24, 2.45) is 0 Å². The van der Waals surface area contributed by atoms with E-state index in [-0.39, 0.29) is 37.6 Å². The van der Waals surface area contributed by atoms with Crippen LogP contribution in [-0.4, -0.2) is 49.0 Å². The van der Waals surface area contributed by atoms with Crippen LogP contribution in [0.3, 0.4) is 0 Å². The van der Waals surface area contributed by atoms with Gasteiger partial charge >= 0.3 is 0 Å². The van der Waals surface area contributed by atoms with Gasteiger partial charge in [0.05, 0.1) is 13.1 Å². The lowest BCUT2D eigenvalue weighted by atomic mass is 10.2. The Hall–Kier alpha value is -3.59. The lowest BCUT2D eigenvalue weighted by Gasteiger charge is -2.19. The summed E-state index contributed by atoms with van der Waals surface area (Å²) < 4.78 is 10.6. The predicted octanol–water partition coefficient (Wildman–Crippen LogP) is 2.27. The first-order chi connectivity index (χ1) is 14.4. The van der Waals surface area contributed by atoms with Gasteiger partial charge in [-0.05, 0) is 42.9 Å². The summed E-state index contributed by atoms with van der Waals surface area (Å²) in [4.78, 5) is 37.5. The summed E-state index contributed by atoms with van der Waals surface area (Å²) in [7, 11) is 0. The van der Waals surface area contributed by atoms with Gasteiger partial charge in [-0.2, -0.15) is 0 Å². The number of hydrogen-bond acceptors (Lipinski definition) is 6. The van der Waals surface area contributed by atoms with E-state index in [1.54, 1.807) is 47.4 Å². The molecule has 0 aliphatic carbocycles. The van der Waals surface area contributed by atoms with Gasteiger partial charge in [-0.1, -0.05) is 6.92 Å². The van der Waals surface area contributed by atoms with Crippen LogP contribution >= 0.6 is 0 Å². The van der Waals surface area contributed by atoms with E-state index >= 15 is 0 Å². The van der Waals surface area contributed by atoms with Crippen molar-refractivity contribution in [3.8, 4) is 11.5 Å². The van der Waals surface area contributed by atoms with Crippen molar-refractivity contribution in [2.75, 3.05) is 42.4 Å². The van der Waals surface area contributed by atoms with E-state index in [0.717, 1.165) is 0 Å². The molecule has 3 amide bonds. The van der Waals surface area contributed by atoms with E-state index in [1.807, 2.05) is 6.92 Å². The molecule has 2 aromatic carbocycles. The van der Waals surface area contributed by atoms with Gasteiger partial charge in [-0.3, -0.25) is 19.3 Å². The molecule has 30 heavy (non-hydrogen) atoms. The third-order valence-electron chi connectivity index (χ3n) is 4.33. The van der Waals surface area contributed by atoms with Crippen LogP contribution in [0, 0.1) is 0 Å². The number of nitrogens with zero attached hydrogens (tertiary/aromatic N) is 1. The first-order valence-electron chi connectivity index (χ1n) is 9.52. The molecule has 0 bridgehead atoms. The Balaban J connectivity index is 1.48. The third-order valence-corrected chi connectivity index (χ3v) is 4.33. The fourth-order valence-electron chi connectivity index (χ4n) is 2.90. The van der Waals surface area contributed by atoms with Gasteiger partial charge in [-0.25, -0.2) is 0 Å². The average molecular weight is 412 g/mol. The van der Waals surface area contributed by atoms with Crippen LogP contribution in [0.1, 0.15) is 13.8 Å². The monoisotopic (exact) mass is 412 g/mol. The summed E-state index contributed by atoms with van der Waals surface area (Å²) in [6.07, 6.45) is 0. The minimum Gasteiger partial charge on any atom is -0.454 e. The first-order valence-corrected chi connectivity index (χ1v) is 9.52. The van der Waals surface area contributed by atoms with Gasteiger partial charge in [0, 0.05) is 30.1 Å². The summed E-state index contributed by atoms with van der Waals surface area (Å²) >= 11 is 0. The Morgan fingerprint density at radius 2 is 1.37 bits per heavy atom. The van der Waals surface area contributed by atoms with E-state index in [9.17, 15) is 14.4 Å². The van der Waals surface area contributed by atoms with E-state index in [1.165, 1.54) is 6.92 Å². The van der Waals surface area contributed by atoms with Crippen LogP contribution in [0.15, 0.2) is 42.5 Å². The maximum atomic E-state index is 12.4. The van der Waals surface area contributed by atoms with Gasteiger partial charge in [0.15, 0.2) is 11.5 Å². The zero-order chi connectivity index (χ0) is 21.5. The first kappa shape index (κ1) is 21.1. The molecule has 0 atom stereocenters. The van der Waals surface area contributed by atoms with Crippen LogP contribution < -0.4 is 25.4 Å². The molecule has 1 heterocycles. The summed E-state index contributed by atoms with van der Waals surface area (Å²) in [6, 6.07) is 12.0. The number of anilines is 3. The van der Waals surface area contributed by atoms with Crippen molar-refractivity contribution in [2.45, 2.75) is 13.8 Å². The fraction of sp³-hybridized carbons (Fsp3) is 0.286. The molecule has 0 aromatic heterocycles. The number of rotatable bonds is 8. The molecule has 9 nitrogen and oxygen atoms in total. The Bertz CT molecular complexity index is 929. The van der Waals surface area contributed by atoms with Crippen LogP contribution in [0.2, 0.25) is 0 Å². The summed E-state index contributed by atoms with van der Waals surface area (Å²) in [6.45, 7) is 4.14. The number of nitrogens with one attached hydrogen (secondary N) is 3. The van der Waals surface area contributed by atoms with E-state index in [2.05, 4.69) is 16.0 Å². The molecule has 0 unspecified atom stereocenters. The zero-order valence-electron chi connectivity index (χ0n) is 16.9. The Labute approximate surface area is 174 Å². The Kier molecular flexibility index (Phi) is 6.87. The largest absolute Gasteiger partial charge is 0.454 e. The minimum absolute atomic E-state index is 0.0680. The molecule has 1 aliphatic rings. The van der Waals surface area contributed by atoms with Crippen LogP contribution in [0.4, 0.5) is 17.1 Å². The van der Waals surface area contributed by atoms with Gasteiger partial charge in [0.2, 0.25) is 24.5 Å². The average Bonchev–Trinajstić information content (AvgIpc) is 3.16. The highest BCUT2D eigenvalue weighted by molar-refractivity contribution is 5.95. The van der Waals surface area contributed by atoms with Gasteiger partial charge < -0.3 is 25.4 Å². The lowest BCUT2D eigenvalue weighted by molar-refractivity contribution is -0.120. The van der Waals surface area contributed by atoms with Crippen molar-refractivity contribution in [1.29, 1.82) is 0 Å². The van der Waals surface area contributed by atoms with Crippen molar-refractivity contribution >= 4 is 34.8 Å². The number of fused-ring (bicyclic) bond motifs is 1. The normalized spacial score (nSPS) is 11.8. The maximum absolute atomic E-state index is 12.4. The zero-order valence-corrected chi connectivity index (χ0v) is 16.9. The lowest BCUT2D eigenvalue weighted by Crippen LogP contribution is -2.38. The highest BCUT2D eigenvalue weighted by Crippen LogP contribution is 2.34. The summed E-state index contributed by atoms with van der Waals surface area (Å²) in [5, 5.41) is 8.24. The molecule has 0 saturated carbocycles.